The van der Waals surface area contributed by atoms with Crippen molar-refractivity contribution in [3.63, 3.8) is 0 Å². The zero-order chi connectivity index (χ0) is 13.5. The highest BCUT2D eigenvalue weighted by Crippen LogP contribution is 2.19. The van der Waals surface area contributed by atoms with Crippen molar-refractivity contribution in [3.05, 3.63) is 11.1 Å². The molecule has 0 aliphatic rings. The number of rotatable bonds is 4. The van der Waals surface area contributed by atoms with Crippen molar-refractivity contribution in [1.29, 1.82) is 0 Å². The van der Waals surface area contributed by atoms with Crippen molar-refractivity contribution in [2.45, 2.75) is 27.2 Å². The highest BCUT2D eigenvalue weighted by atomic mass is 32.1. The van der Waals surface area contributed by atoms with Gasteiger partial charge in [0.15, 0.2) is 5.13 Å². The molecule has 0 saturated carbocycles. The lowest BCUT2D eigenvalue weighted by Gasteiger charge is -2.13. The van der Waals surface area contributed by atoms with Crippen LogP contribution < -0.4 is 5.32 Å². The molecule has 4 nitrogen and oxygen atoms in total. The maximum Gasteiger partial charge on any atom is 0.229 e. The van der Waals surface area contributed by atoms with Crippen LogP contribution in [0.3, 0.4) is 0 Å². The van der Waals surface area contributed by atoms with Crippen LogP contribution in [-0.2, 0) is 4.79 Å². The third-order valence-electron chi connectivity index (χ3n) is 2.60. The van der Waals surface area contributed by atoms with Crippen LogP contribution >= 0.6 is 11.3 Å². The second-order valence-corrected chi connectivity index (χ2v) is 5.36. The Labute approximate surface area is 111 Å². The van der Waals surface area contributed by atoms with E-state index in [-0.39, 0.29) is 18.4 Å². The van der Waals surface area contributed by atoms with Gasteiger partial charge < -0.3 is 10.4 Å². The first-order valence-electron chi connectivity index (χ1n) is 5.91. The minimum atomic E-state index is -0.0437. The topological polar surface area (TPSA) is 62.2 Å². The molecule has 0 radical (unpaired) electrons. The number of anilines is 1. The van der Waals surface area contributed by atoms with E-state index in [0.717, 1.165) is 4.88 Å². The van der Waals surface area contributed by atoms with Gasteiger partial charge in [0.25, 0.3) is 0 Å². The summed E-state index contributed by atoms with van der Waals surface area (Å²) in [5.74, 6) is 5.94. The summed E-state index contributed by atoms with van der Waals surface area (Å²) in [4.78, 5) is 16.7. The number of carbonyl (C=O) groups excluding carboxylic acids is 1. The van der Waals surface area contributed by atoms with Gasteiger partial charge >= 0.3 is 0 Å². The SMILES string of the molecule is CC(C)C(C)C(=O)Nc1ncc(C#CCCO)s1. The lowest BCUT2D eigenvalue weighted by atomic mass is 9.97. The quantitative estimate of drug-likeness (QED) is 0.820. The van der Waals surface area contributed by atoms with E-state index in [1.807, 2.05) is 20.8 Å². The normalized spacial score (nSPS) is 11.8. The summed E-state index contributed by atoms with van der Waals surface area (Å²) in [5, 5.41) is 12.0. The van der Waals surface area contributed by atoms with E-state index < -0.39 is 0 Å². The summed E-state index contributed by atoms with van der Waals surface area (Å²) in [7, 11) is 0. The molecule has 18 heavy (non-hydrogen) atoms. The summed E-state index contributed by atoms with van der Waals surface area (Å²) in [6, 6.07) is 0. The molecule has 1 heterocycles. The number of hydrogen-bond acceptors (Lipinski definition) is 4. The van der Waals surface area contributed by atoms with Crippen LogP contribution in [0.25, 0.3) is 0 Å². The van der Waals surface area contributed by atoms with Gasteiger partial charge in [0.05, 0.1) is 17.7 Å². The maximum absolute atomic E-state index is 11.8. The number of nitrogens with one attached hydrogen (secondary N) is 1. The molecule has 0 bridgehead atoms. The summed E-state index contributed by atoms with van der Waals surface area (Å²) in [6.07, 6.45) is 2.08. The van der Waals surface area contributed by atoms with E-state index in [1.165, 1.54) is 11.3 Å². The molecule has 98 valence electrons. The van der Waals surface area contributed by atoms with Crippen molar-refractivity contribution in [2.24, 2.45) is 11.8 Å². The Kier molecular flexibility index (Phi) is 5.83. The van der Waals surface area contributed by atoms with Crippen molar-refractivity contribution >= 4 is 22.4 Å². The third-order valence-corrected chi connectivity index (χ3v) is 3.43. The second kappa shape index (κ2) is 7.14. The summed E-state index contributed by atoms with van der Waals surface area (Å²) in [6.45, 7) is 5.98. The second-order valence-electron chi connectivity index (χ2n) is 4.33. The van der Waals surface area contributed by atoms with Gasteiger partial charge in [-0.25, -0.2) is 4.98 Å². The predicted octanol–water partition coefficient (Wildman–Crippen LogP) is 2.11. The van der Waals surface area contributed by atoms with Gasteiger partial charge in [0, 0.05) is 12.3 Å². The Morgan fingerprint density at radius 2 is 2.28 bits per heavy atom. The smallest absolute Gasteiger partial charge is 0.229 e. The van der Waals surface area contributed by atoms with Gasteiger partial charge in [-0.2, -0.15) is 0 Å². The molecule has 0 saturated heterocycles. The first kappa shape index (κ1) is 14.7. The van der Waals surface area contributed by atoms with Crippen LogP contribution in [0, 0.1) is 23.7 Å². The van der Waals surface area contributed by atoms with Gasteiger partial charge in [0.1, 0.15) is 0 Å². The monoisotopic (exact) mass is 266 g/mol. The molecule has 0 spiro atoms. The Morgan fingerprint density at radius 3 is 2.89 bits per heavy atom. The molecular formula is C13H18N2O2S. The number of nitrogens with zero attached hydrogens (tertiary/aromatic N) is 1. The van der Waals surface area contributed by atoms with Gasteiger partial charge in [0.2, 0.25) is 5.91 Å². The largest absolute Gasteiger partial charge is 0.395 e. The molecule has 0 aromatic carbocycles. The highest BCUT2D eigenvalue weighted by molar-refractivity contribution is 7.16. The fourth-order valence-corrected chi connectivity index (χ4v) is 1.81. The zero-order valence-corrected chi connectivity index (χ0v) is 11.7. The molecule has 1 atom stereocenters. The fourth-order valence-electron chi connectivity index (χ4n) is 1.12. The molecule has 1 aromatic rings. The Morgan fingerprint density at radius 1 is 1.56 bits per heavy atom. The van der Waals surface area contributed by atoms with Crippen molar-refractivity contribution in [3.8, 4) is 11.8 Å². The molecule has 1 aromatic heterocycles. The molecule has 1 rings (SSSR count). The number of hydrogen-bond donors (Lipinski definition) is 2. The molecule has 1 amide bonds. The number of carbonyl (C=O) groups is 1. The Bertz CT molecular complexity index is 457. The van der Waals surface area contributed by atoms with E-state index in [9.17, 15) is 4.79 Å². The lowest BCUT2D eigenvalue weighted by Crippen LogP contribution is -2.24. The molecule has 0 aliphatic carbocycles. The van der Waals surface area contributed by atoms with E-state index >= 15 is 0 Å². The Balaban J connectivity index is 2.60. The van der Waals surface area contributed by atoms with Crippen LogP contribution in [0.5, 0.6) is 0 Å². The van der Waals surface area contributed by atoms with Gasteiger partial charge in [-0.3, -0.25) is 4.79 Å². The maximum atomic E-state index is 11.8. The Hall–Kier alpha value is -1.38. The van der Waals surface area contributed by atoms with Crippen LogP contribution in [0.2, 0.25) is 0 Å². The first-order valence-corrected chi connectivity index (χ1v) is 6.72. The molecular weight excluding hydrogens is 248 g/mol. The van der Waals surface area contributed by atoms with E-state index in [1.54, 1.807) is 6.20 Å². The van der Waals surface area contributed by atoms with Gasteiger partial charge in [-0.15, -0.1) is 0 Å². The van der Waals surface area contributed by atoms with Crippen molar-refractivity contribution < 1.29 is 9.90 Å². The van der Waals surface area contributed by atoms with E-state index in [0.29, 0.717) is 17.5 Å². The number of thiazole rings is 1. The first-order chi connectivity index (χ1) is 8.54. The van der Waals surface area contributed by atoms with Gasteiger partial charge in [-0.1, -0.05) is 43.9 Å². The third kappa shape index (κ3) is 4.47. The highest BCUT2D eigenvalue weighted by Gasteiger charge is 2.17. The van der Waals surface area contributed by atoms with Crippen LogP contribution in [-0.4, -0.2) is 22.6 Å². The number of aromatic nitrogens is 1. The van der Waals surface area contributed by atoms with E-state index in [2.05, 4.69) is 22.1 Å². The number of amides is 1. The molecule has 0 aliphatic heterocycles. The van der Waals surface area contributed by atoms with Crippen LogP contribution in [0.1, 0.15) is 32.1 Å². The average Bonchev–Trinajstić information content (AvgIpc) is 2.76. The molecule has 0 fully saturated rings. The fraction of sp³-hybridized carbons (Fsp3) is 0.538. The van der Waals surface area contributed by atoms with Crippen LogP contribution in [0.4, 0.5) is 5.13 Å². The minimum absolute atomic E-state index is 0.0192. The summed E-state index contributed by atoms with van der Waals surface area (Å²) in [5.41, 5.74) is 0. The van der Waals surface area contributed by atoms with E-state index in [4.69, 9.17) is 5.11 Å². The molecule has 1 unspecified atom stereocenters. The number of aliphatic hydroxyl groups excluding tert-OH is 1. The molecule has 5 heteroatoms. The average molecular weight is 266 g/mol. The summed E-state index contributed by atoms with van der Waals surface area (Å²) >= 11 is 1.34. The van der Waals surface area contributed by atoms with Crippen LogP contribution in [0.15, 0.2) is 6.20 Å². The number of aliphatic hydroxyl groups is 1. The standard InChI is InChI=1S/C13H18N2O2S/c1-9(2)10(3)12(17)15-13-14-8-11(18-13)6-4-5-7-16/h8-10,16H,5,7H2,1-3H3,(H,14,15,17). The zero-order valence-electron chi connectivity index (χ0n) is 10.9. The lowest BCUT2D eigenvalue weighted by molar-refractivity contribution is -0.120. The predicted molar refractivity (Wildman–Crippen MR) is 73.3 cm³/mol. The molecule has 2 N–H and O–H groups in total. The van der Waals surface area contributed by atoms with Gasteiger partial charge in [-0.05, 0) is 5.92 Å². The van der Waals surface area contributed by atoms with Crippen molar-refractivity contribution in [1.82, 2.24) is 4.98 Å². The minimum Gasteiger partial charge on any atom is -0.395 e. The van der Waals surface area contributed by atoms with Crippen molar-refractivity contribution in [2.75, 3.05) is 11.9 Å². The summed E-state index contributed by atoms with van der Waals surface area (Å²) < 4.78 is 0.